The zero-order valence-electron chi connectivity index (χ0n) is 12.8. The van der Waals surface area contributed by atoms with Gasteiger partial charge in [-0.3, -0.25) is 0 Å². The van der Waals surface area contributed by atoms with Crippen molar-refractivity contribution >= 4 is 33.3 Å². The lowest BCUT2D eigenvalue weighted by Crippen LogP contribution is -2.12. The fraction of sp³-hybridized carbons (Fsp3) is 0.438. The number of anilines is 1. The highest BCUT2D eigenvalue weighted by Gasteiger charge is 2.20. The molecule has 0 aliphatic carbocycles. The molecule has 0 aliphatic rings. The molecule has 0 unspecified atom stereocenters. The number of nitrogens with zero attached hydrogens (tertiary/aromatic N) is 2. The van der Waals surface area contributed by atoms with E-state index in [1.807, 2.05) is 18.2 Å². The highest BCUT2D eigenvalue weighted by Crippen LogP contribution is 2.35. The Morgan fingerprint density at radius 2 is 1.95 bits per heavy atom. The molecule has 0 atom stereocenters. The minimum atomic E-state index is 0.317. The van der Waals surface area contributed by atoms with E-state index >= 15 is 0 Å². The molecule has 2 N–H and O–H groups in total. The molecule has 0 aliphatic heterocycles. The molecule has 0 saturated carbocycles. The van der Waals surface area contributed by atoms with Crippen molar-refractivity contribution in [1.29, 1.82) is 0 Å². The minimum Gasteiger partial charge on any atom is -0.383 e. The molecule has 5 heteroatoms. The minimum absolute atomic E-state index is 0.317. The van der Waals surface area contributed by atoms with Crippen molar-refractivity contribution in [3.8, 4) is 11.3 Å². The lowest BCUT2D eigenvalue weighted by atomic mass is 10.1. The van der Waals surface area contributed by atoms with Crippen LogP contribution in [0.5, 0.6) is 0 Å². The maximum Gasteiger partial charge on any atom is 0.131 e. The van der Waals surface area contributed by atoms with Gasteiger partial charge < -0.3 is 10.3 Å². The van der Waals surface area contributed by atoms with Crippen LogP contribution in [0.2, 0.25) is 5.02 Å². The van der Waals surface area contributed by atoms with Crippen LogP contribution in [0.15, 0.2) is 22.7 Å². The van der Waals surface area contributed by atoms with Crippen LogP contribution in [0.4, 0.5) is 5.82 Å². The van der Waals surface area contributed by atoms with Crippen LogP contribution in [0.1, 0.15) is 39.4 Å². The summed E-state index contributed by atoms with van der Waals surface area (Å²) in [5.74, 6) is 2.55. The zero-order chi connectivity index (χ0) is 15.7. The van der Waals surface area contributed by atoms with Gasteiger partial charge in [0, 0.05) is 27.5 Å². The molecular weight excluding hydrogens is 350 g/mol. The molecule has 0 saturated heterocycles. The molecule has 0 amide bonds. The average molecular weight is 371 g/mol. The van der Waals surface area contributed by atoms with Gasteiger partial charge in [0.15, 0.2) is 0 Å². The summed E-state index contributed by atoms with van der Waals surface area (Å²) >= 11 is 9.68. The van der Waals surface area contributed by atoms with Gasteiger partial charge >= 0.3 is 0 Å². The van der Waals surface area contributed by atoms with Gasteiger partial charge in [-0.1, -0.05) is 55.2 Å². The Balaban J connectivity index is 2.62. The van der Waals surface area contributed by atoms with E-state index in [0.29, 0.717) is 22.7 Å². The second-order valence-electron chi connectivity index (χ2n) is 5.99. The van der Waals surface area contributed by atoms with Crippen molar-refractivity contribution in [2.75, 3.05) is 5.73 Å². The first kappa shape index (κ1) is 16.4. The second kappa shape index (κ2) is 6.41. The Kier molecular flexibility index (Phi) is 4.99. The lowest BCUT2D eigenvalue weighted by Gasteiger charge is -2.14. The highest BCUT2D eigenvalue weighted by molar-refractivity contribution is 9.10. The van der Waals surface area contributed by atoms with Crippen LogP contribution < -0.4 is 5.73 Å². The van der Waals surface area contributed by atoms with Crippen molar-refractivity contribution in [1.82, 2.24) is 9.55 Å². The molecule has 114 valence electrons. The van der Waals surface area contributed by atoms with Gasteiger partial charge in [0.1, 0.15) is 17.3 Å². The highest BCUT2D eigenvalue weighted by atomic mass is 79.9. The maximum atomic E-state index is 6.38. The van der Waals surface area contributed by atoms with Crippen LogP contribution in [0.3, 0.4) is 0 Å². The summed E-state index contributed by atoms with van der Waals surface area (Å²) in [5.41, 5.74) is 8.11. The third-order valence-electron chi connectivity index (χ3n) is 3.28. The molecular formula is C16H21BrClN3. The van der Waals surface area contributed by atoms with E-state index in [2.05, 4.69) is 48.2 Å². The molecule has 1 aromatic heterocycles. The van der Waals surface area contributed by atoms with Crippen molar-refractivity contribution < 1.29 is 0 Å². The van der Waals surface area contributed by atoms with Gasteiger partial charge in [0.05, 0.1) is 0 Å². The number of halogens is 2. The summed E-state index contributed by atoms with van der Waals surface area (Å²) in [6, 6.07) is 5.67. The van der Waals surface area contributed by atoms with E-state index in [-0.39, 0.29) is 0 Å². The Bertz CT molecular complexity index is 647. The number of hydrogen-bond acceptors (Lipinski definition) is 2. The lowest BCUT2D eigenvalue weighted by molar-refractivity contribution is 0.502. The first-order valence-electron chi connectivity index (χ1n) is 7.12. The molecule has 21 heavy (non-hydrogen) atoms. The molecule has 1 heterocycles. The fourth-order valence-corrected chi connectivity index (χ4v) is 2.96. The van der Waals surface area contributed by atoms with Crippen LogP contribution in [0, 0.1) is 5.92 Å². The Morgan fingerprint density at radius 1 is 1.29 bits per heavy atom. The molecule has 0 spiro atoms. The van der Waals surface area contributed by atoms with Crippen molar-refractivity contribution in [3.05, 3.63) is 33.5 Å². The number of nitrogens with two attached hydrogens (primary N) is 1. The number of benzene rings is 1. The van der Waals surface area contributed by atoms with Gasteiger partial charge in [-0.25, -0.2) is 4.98 Å². The third kappa shape index (κ3) is 3.43. The predicted molar refractivity (Wildman–Crippen MR) is 93.7 cm³/mol. The topological polar surface area (TPSA) is 43.8 Å². The Morgan fingerprint density at radius 3 is 2.52 bits per heavy atom. The second-order valence-corrected chi connectivity index (χ2v) is 7.28. The van der Waals surface area contributed by atoms with Crippen molar-refractivity contribution in [2.24, 2.45) is 5.92 Å². The smallest absolute Gasteiger partial charge is 0.131 e. The van der Waals surface area contributed by atoms with Gasteiger partial charge in [0.2, 0.25) is 0 Å². The van der Waals surface area contributed by atoms with Crippen LogP contribution in [-0.4, -0.2) is 9.55 Å². The van der Waals surface area contributed by atoms with Gasteiger partial charge in [-0.15, -0.1) is 0 Å². The summed E-state index contributed by atoms with van der Waals surface area (Å²) in [6.07, 6.45) is 0. The number of hydrogen-bond donors (Lipinski definition) is 1. The van der Waals surface area contributed by atoms with Crippen molar-refractivity contribution in [2.45, 2.75) is 40.2 Å². The van der Waals surface area contributed by atoms with E-state index < -0.39 is 0 Å². The monoisotopic (exact) mass is 369 g/mol. The Hall–Kier alpha value is -1.00. The van der Waals surface area contributed by atoms with E-state index in [1.165, 1.54) is 0 Å². The molecule has 2 aromatic rings. The van der Waals surface area contributed by atoms with Gasteiger partial charge in [-0.05, 0) is 24.1 Å². The SMILES string of the molecule is CC(C)Cn1c(C(C)C)nc(-c2cc(Cl)ccc2Br)c1N. The molecule has 0 radical (unpaired) electrons. The maximum absolute atomic E-state index is 6.38. The summed E-state index contributed by atoms with van der Waals surface area (Å²) < 4.78 is 3.07. The van der Waals surface area contributed by atoms with Gasteiger partial charge in [-0.2, -0.15) is 0 Å². The van der Waals surface area contributed by atoms with Gasteiger partial charge in [0.25, 0.3) is 0 Å². The van der Waals surface area contributed by atoms with E-state index in [1.54, 1.807) is 0 Å². The summed E-state index contributed by atoms with van der Waals surface area (Å²) in [6.45, 7) is 9.49. The quantitative estimate of drug-likeness (QED) is 0.790. The molecule has 3 nitrogen and oxygen atoms in total. The standard InChI is InChI=1S/C16H21BrClN3/c1-9(2)8-21-15(19)14(20-16(21)10(3)4)12-7-11(18)5-6-13(12)17/h5-7,9-10H,8,19H2,1-4H3. The largest absolute Gasteiger partial charge is 0.383 e. The fourth-order valence-electron chi connectivity index (χ4n) is 2.36. The van der Waals surface area contributed by atoms with Crippen molar-refractivity contribution in [3.63, 3.8) is 0 Å². The van der Waals surface area contributed by atoms with E-state index in [9.17, 15) is 0 Å². The summed E-state index contributed by atoms with van der Waals surface area (Å²) in [7, 11) is 0. The van der Waals surface area contributed by atoms with Crippen LogP contribution in [-0.2, 0) is 6.54 Å². The van der Waals surface area contributed by atoms with E-state index in [4.69, 9.17) is 22.3 Å². The molecule has 2 rings (SSSR count). The third-order valence-corrected chi connectivity index (χ3v) is 4.21. The number of imidazole rings is 1. The molecule has 0 bridgehead atoms. The first-order chi connectivity index (χ1) is 9.81. The van der Waals surface area contributed by atoms with Crippen LogP contribution >= 0.6 is 27.5 Å². The normalized spacial score (nSPS) is 11.6. The first-order valence-corrected chi connectivity index (χ1v) is 8.29. The Labute approximate surface area is 139 Å². The van der Waals surface area contributed by atoms with Crippen LogP contribution in [0.25, 0.3) is 11.3 Å². The summed E-state index contributed by atoms with van der Waals surface area (Å²) in [4.78, 5) is 4.78. The number of aromatic nitrogens is 2. The average Bonchev–Trinajstić information content (AvgIpc) is 2.70. The molecule has 0 fully saturated rings. The molecule has 1 aromatic carbocycles. The predicted octanol–water partition coefficient (Wildman–Crippen LogP) is 5.33. The van der Waals surface area contributed by atoms with E-state index in [0.717, 1.165) is 28.1 Å². The number of nitrogen functional groups attached to an aromatic ring is 1. The zero-order valence-corrected chi connectivity index (χ0v) is 15.2. The summed E-state index contributed by atoms with van der Waals surface area (Å²) in [5, 5.41) is 0.678. The number of rotatable bonds is 4.